The van der Waals surface area contributed by atoms with E-state index in [9.17, 15) is 22.8 Å². The second-order valence-corrected chi connectivity index (χ2v) is 8.17. The van der Waals surface area contributed by atoms with Crippen molar-refractivity contribution in [3.8, 4) is 5.75 Å². The molecule has 4 aromatic rings. The normalized spacial score (nSPS) is 11.5. The van der Waals surface area contributed by atoms with Crippen molar-refractivity contribution in [1.29, 1.82) is 0 Å². The second-order valence-electron chi connectivity index (χ2n) is 8.17. The van der Waals surface area contributed by atoms with Gasteiger partial charge in [0.15, 0.2) is 0 Å². The molecule has 1 heterocycles. The van der Waals surface area contributed by atoms with Crippen LogP contribution in [0.3, 0.4) is 0 Å². The molecule has 0 fully saturated rings. The molecule has 4 rings (SSSR count). The number of carbonyl (C=O) groups is 2. The molecule has 0 bridgehead atoms. The number of carboxylic acids is 1. The molecule has 35 heavy (non-hydrogen) atoms. The van der Waals surface area contributed by atoms with Crippen LogP contribution >= 0.6 is 0 Å². The molecule has 3 aromatic carbocycles. The Bertz CT molecular complexity index is 1390. The molecular formula is C27H22F3NO4. The number of carbonyl (C=O) groups excluding carboxylic acids is 1. The lowest BCUT2D eigenvalue weighted by atomic mass is 10.1. The summed E-state index contributed by atoms with van der Waals surface area (Å²) >= 11 is 0. The van der Waals surface area contributed by atoms with Crippen molar-refractivity contribution in [2.75, 3.05) is 6.61 Å². The smallest absolute Gasteiger partial charge is 0.416 e. The molecule has 0 aliphatic heterocycles. The standard InChI is InChI=1S/C27H22F3NO4/c1-17-14-23-20(16-25(32)33)5-3-7-24(23)31(17)26(34)19-8-10-22(11-9-19)35-13-12-18-4-2-6-21(15-18)27(28,29)30/h2-11,14-15H,12-13,16H2,1H3,(H,32,33). The number of hydrogen-bond donors (Lipinski definition) is 1. The zero-order valence-corrected chi connectivity index (χ0v) is 18.8. The quantitative estimate of drug-likeness (QED) is 0.357. The summed E-state index contributed by atoms with van der Waals surface area (Å²) in [6, 6.07) is 18.7. The van der Waals surface area contributed by atoms with Crippen LogP contribution in [0, 0.1) is 6.92 Å². The first kappa shape index (κ1) is 24.1. The summed E-state index contributed by atoms with van der Waals surface area (Å²) in [5, 5.41) is 9.87. The SMILES string of the molecule is Cc1cc2c(CC(=O)O)cccc2n1C(=O)c1ccc(OCCc2cccc(C(F)(F)F)c2)cc1. The van der Waals surface area contributed by atoms with Crippen LogP contribution in [0.1, 0.15) is 32.7 Å². The minimum Gasteiger partial charge on any atom is -0.493 e. The molecule has 0 radical (unpaired) electrons. The van der Waals surface area contributed by atoms with E-state index in [2.05, 4.69) is 0 Å². The summed E-state index contributed by atoms with van der Waals surface area (Å²) in [5.74, 6) is -0.718. The highest BCUT2D eigenvalue weighted by Crippen LogP contribution is 2.30. The lowest BCUT2D eigenvalue weighted by molar-refractivity contribution is -0.138. The predicted molar refractivity (Wildman–Crippen MR) is 125 cm³/mol. The maximum absolute atomic E-state index is 13.2. The third kappa shape index (κ3) is 5.37. The highest BCUT2D eigenvalue weighted by Gasteiger charge is 2.30. The number of nitrogens with zero attached hydrogens (tertiary/aromatic N) is 1. The first-order chi connectivity index (χ1) is 16.6. The highest BCUT2D eigenvalue weighted by molar-refractivity contribution is 6.04. The van der Waals surface area contributed by atoms with E-state index in [1.165, 1.54) is 6.07 Å². The van der Waals surface area contributed by atoms with Gasteiger partial charge in [0.2, 0.25) is 0 Å². The van der Waals surface area contributed by atoms with Gasteiger partial charge < -0.3 is 9.84 Å². The molecule has 180 valence electrons. The van der Waals surface area contributed by atoms with Crippen molar-refractivity contribution in [3.63, 3.8) is 0 Å². The van der Waals surface area contributed by atoms with E-state index < -0.39 is 17.7 Å². The zero-order valence-electron chi connectivity index (χ0n) is 18.8. The number of ether oxygens (including phenoxy) is 1. The van der Waals surface area contributed by atoms with Gasteiger partial charge in [-0.1, -0.05) is 30.3 Å². The number of alkyl halides is 3. The summed E-state index contributed by atoms with van der Waals surface area (Å²) in [4.78, 5) is 24.4. The third-order valence-electron chi connectivity index (χ3n) is 5.68. The predicted octanol–water partition coefficient (Wildman–Crippen LogP) is 5.91. The summed E-state index contributed by atoms with van der Waals surface area (Å²) < 4.78 is 45.8. The molecule has 5 nitrogen and oxygen atoms in total. The average Bonchev–Trinajstić information content (AvgIpc) is 3.15. The van der Waals surface area contributed by atoms with E-state index in [1.54, 1.807) is 66.1 Å². The van der Waals surface area contributed by atoms with Gasteiger partial charge in [-0.15, -0.1) is 0 Å². The Morgan fingerprint density at radius 1 is 0.971 bits per heavy atom. The van der Waals surface area contributed by atoms with E-state index in [1.807, 2.05) is 0 Å². The van der Waals surface area contributed by atoms with Gasteiger partial charge in [-0.25, -0.2) is 0 Å². The van der Waals surface area contributed by atoms with Gasteiger partial charge in [-0.2, -0.15) is 13.2 Å². The first-order valence-corrected chi connectivity index (χ1v) is 10.9. The minimum absolute atomic E-state index is 0.137. The molecule has 0 spiro atoms. The summed E-state index contributed by atoms with van der Waals surface area (Å²) in [5.41, 5.74) is 2.19. The fraction of sp³-hybridized carbons (Fsp3) is 0.185. The molecule has 8 heteroatoms. The van der Waals surface area contributed by atoms with Crippen LogP contribution in [0.4, 0.5) is 13.2 Å². The van der Waals surface area contributed by atoms with E-state index >= 15 is 0 Å². The Balaban J connectivity index is 1.46. The molecule has 0 amide bonds. The summed E-state index contributed by atoms with van der Waals surface area (Å²) in [6.07, 6.45) is -4.22. The van der Waals surface area contributed by atoms with Crippen molar-refractivity contribution in [2.24, 2.45) is 0 Å². The Kier molecular flexibility index (Phi) is 6.64. The lowest BCUT2D eigenvalue weighted by Crippen LogP contribution is -2.13. The van der Waals surface area contributed by atoms with Gasteiger partial charge >= 0.3 is 12.1 Å². The lowest BCUT2D eigenvalue weighted by Gasteiger charge is -2.11. The van der Waals surface area contributed by atoms with Gasteiger partial charge in [-0.05, 0) is 60.5 Å². The minimum atomic E-state index is -4.39. The number of aliphatic carboxylic acids is 1. The summed E-state index contributed by atoms with van der Waals surface area (Å²) in [6.45, 7) is 1.97. The van der Waals surface area contributed by atoms with E-state index in [0.29, 0.717) is 40.1 Å². The average molecular weight is 481 g/mol. The van der Waals surface area contributed by atoms with Gasteiger partial charge in [0, 0.05) is 23.1 Å². The molecule has 1 aromatic heterocycles. The Labute approximate surface area is 199 Å². The maximum Gasteiger partial charge on any atom is 0.416 e. The molecule has 0 saturated heterocycles. The van der Waals surface area contributed by atoms with Crippen LogP contribution in [0.15, 0.2) is 72.8 Å². The number of aromatic nitrogens is 1. The largest absolute Gasteiger partial charge is 0.493 e. The number of hydrogen-bond acceptors (Lipinski definition) is 3. The number of benzene rings is 3. The van der Waals surface area contributed by atoms with Crippen LogP contribution in [-0.2, 0) is 23.8 Å². The van der Waals surface area contributed by atoms with E-state index in [4.69, 9.17) is 9.84 Å². The molecular weight excluding hydrogens is 459 g/mol. The number of fused-ring (bicyclic) bond motifs is 1. The van der Waals surface area contributed by atoms with Gasteiger partial charge in [0.05, 0.1) is 24.1 Å². The molecule has 0 atom stereocenters. The van der Waals surface area contributed by atoms with Crippen molar-refractivity contribution < 1.29 is 32.6 Å². The second kappa shape index (κ2) is 9.66. The van der Waals surface area contributed by atoms with Crippen molar-refractivity contribution in [2.45, 2.75) is 25.9 Å². The highest BCUT2D eigenvalue weighted by atomic mass is 19.4. The Hall–Kier alpha value is -4.07. The number of rotatable bonds is 7. The van der Waals surface area contributed by atoms with Gasteiger partial charge in [0.1, 0.15) is 5.75 Å². The van der Waals surface area contributed by atoms with Crippen molar-refractivity contribution in [1.82, 2.24) is 4.57 Å². The molecule has 0 aliphatic rings. The monoisotopic (exact) mass is 481 g/mol. The van der Waals surface area contributed by atoms with Gasteiger partial charge in [0.25, 0.3) is 5.91 Å². The Morgan fingerprint density at radius 3 is 2.37 bits per heavy atom. The number of aryl methyl sites for hydroxylation is 1. The van der Waals surface area contributed by atoms with Crippen LogP contribution < -0.4 is 4.74 Å². The molecule has 0 aliphatic carbocycles. The van der Waals surface area contributed by atoms with Gasteiger partial charge in [-0.3, -0.25) is 14.2 Å². The van der Waals surface area contributed by atoms with Crippen LogP contribution in [0.2, 0.25) is 0 Å². The third-order valence-corrected chi connectivity index (χ3v) is 5.68. The zero-order chi connectivity index (χ0) is 25.2. The van der Waals surface area contributed by atoms with Crippen LogP contribution in [-0.4, -0.2) is 28.2 Å². The first-order valence-electron chi connectivity index (χ1n) is 10.9. The summed E-state index contributed by atoms with van der Waals surface area (Å²) in [7, 11) is 0. The number of carboxylic acid groups (broad SMARTS) is 1. The molecule has 0 unspecified atom stereocenters. The van der Waals surface area contributed by atoms with E-state index in [-0.39, 0.29) is 18.9 Å². The fourth-order valence-corrected chi connectivity index (χ4v) is 4.02. The van der Waals surface area contributed by atoms with Crippen molar-refractivity contribution in [3.05, 3.63) is 101 Å². The molecule has 0 saturated carbocycles. The maximum atomic E-state index is 13.2. The van der Waals surface area contributed by atoms with Crippen LogP contribution in [0.25, 0.3) is 10.9 Å². The molecule has 1 N–H and O–H groups in total. The van der Waals surface area contributed by atoms with E-state index in [0.717, 1.165) is 17.5 Å². The Morgan fingerprint density at radius 2 is 1.69 bits per heavy atom. The fourth-order valence-electron chi connectivity index (χ4n) is 4.02. The number of halogens is 3. The van der Waals surface area contributed by atoms with Crippen molar-refractivity contribution >= 4 is 22.8 Å². The van der Waals surface area contributed by atoms with Crippen LogP contribution in [0.5, 0.6) is 5.75 Å². The topological polar surface area (TPSA) is 68.5 Å².